The Morgan fingerprint density at radius 2 is 1.67 bits per heavy atom. The number of carbonyl (C=O) groups is 2. The maximum atomic E-state index is 12.1. The van der Waals surface area contributed by atoms with Crippen molar-refractivity contribution < 1.29 is 14.3 Å². The van der Waals surface area contributed by atoms with E-state index in [0.29, 0.717) is 6.54 Å². The predicted molar refractivity (Wildman–Crippen MR) is 109 cm³/mol. The number of rotatable bonds is 7. The first kappa shape index (κ1) is 19.0. The SMILES string of the molecule is C[C@@H](OC(=O)CSc1ccc2ccccc2c1)C(=O)NCc1ccccc1. The van der Waals surface area contributed by atoms with E-state index in [2.05, 4.69) is 5.32 Å². The molecule has 0 saturated carbocycles. The largest absolute Gasteiger partial charge is 0.452 e. The Bertz CT molecular complexity index is 927. The smallest absolute Gasteiger partial charge is 0.317 e. The van der Waals surface area contributed by atoms with Gasteiger partial charge in [-0.1, -0.05) is 60.7 Å². The van der Waals surface area contributed by atoms with Gasteiger partial charge >= 0.3 is 5.97 Å². The number of hydrogen-bond donors (Lipinski definition) is 1. The van der Waals surface area contributed by atoms with Crippen LogP contribution in [0, 0.1) is 0 Å². The number of esters is 1. The van der Waals surface area contributed by atoms with Gasteiger partial charge in [0.2, 0.25) is 0 Å². The fourth-order valence-electron chi connectivity index (χ4n) is 2.61. The van der Waals surface area contributed by atoms with Gasteiger partial charge in [-0.15, -0.1) is 11.8 Å². The molecule has 1 amide bonds. The highest BCUT2D eigenvalue weighted by Gasteiger charge is 2.17. The summed E-state index contributed by atoms with van der Waals surface area (Å²) >= 11 is 1.40. The number of benzene rings is 3. The minimum atomic E-state index is -0.821. The second-order valence-electron chi connectivity index (χ2n) is 6.13. The van der Waals surface area contributed by atoms with E-state index < -0.39 is 12.1 Å². The molecule has 0 bridgehead atoms. The van der Waals surface area contributed by atoms with Gasteiger partial charge in [0.1, 0.15) is 0 Å². The third-order valence-electron chi connectivity index (χ3n) is 4.06. The number of amides is 1. The number of nitrogens with one attached hydrogen (secondary N) is 1. The molecule has 3 rings (SSSR count). The van der Waals surface area contributed by atoms with E-state index >= 15 is 0 Å². The quantitative estimate of drug-likeness (QED) is 0.494. The maximum Gasteiger partial charge on any atom is 0.317 e. The van der Waals surface area contributed by atoms with Crippen LogP contribution in [-0.2, 0) is 20.9 Å². The average Bonchev–Trinajstić information content (AvgIpc) is 2.71. The van der Waals surface area contributed by atoms with Crippen LogP contribution in [0.5, 0.6) is 0 Å². The lowest BCUT2D eigenvalue weighted by Gasteiger charge is -2.13. The highest BCUT2D eigenvalue weighted by Crippen LogP contribution is 2.23. The summed E-state index contributed by atoms with van der Waals surface area (Å²) < 4.78 is 5.24. The molecule has 0 saturated heterocycles. The first-order valence-corrected chi connectivity index (χ1v) is 9.73. The second kappa shape index (κ2) is 9.24. The van der Waals surface area contributed by atoms with Crippen molar-refractivity contribution in [3.63, 3.8) is 0 Å². The molecule has 0 aromatic heterocycles. The third-order valence-corrected chi connectivity index (χ3v) is 5.03. The van der Waals surface area contributed by atoms with Gasteiger partial charge < -0.3 is 10.1 Å². The van der Waals surface area contributed by atoms with E-state index in [1.165, 1.54) is 11.8 Å². The number of ether oxygens (including phenoxy) is 1. The fourth-order valence-corrected chi connectivity index (χ4v) is 3.34. The molecule has 0 spiro atoms. The van der Waals surface area contributed by atoms with Crippen molar-refractivity contribution in [1.29, 1.82) is 0 Å². The molecule has 0 unspecified atom stereocenters. The average molecular weight is 379 g/mol. The molecule has 0 radical (unpaired) electrons. The molecule has 27 heavy (non-hydrogen) atoms. The maximum absolute atomic E-state index is 12.1. The fraction of sp³-hybridized carbons (Fsp3) is 0.182. The van der Waals surface area contributed by atoms with Crippen LogP contribution in [0.2, 0.25) is 0 Å². The van der Waals surface area contributed by atoms with Crippen LogP contribution in [0.4, 0.5) is 0 Å². The van der Waals surface area contributed by atoms with Gasteiger partial charge in [-0.2, -0.15) is 0 Å². The summed E-state index contributed by atoms with van der Waals surface area (Å²) in [5, 5.41) is 5.06. The lowest BCUT2D eigenvalue weighted by atomic mass is 10.1. The van der Waals surface area contributed by atoms with Gasteiger partial charge in [0, 0.05) is 11.4 Å². The lowest BCUT2D eigenvalue weighted by molar-refractivity contribution is -0.152. The van der Waals surface area contributed by atoms with E-state index in [1.54, 1.807) is 6.92 Å². The Morgan fingerprint density at radius 3 is 2.44 bits per heavy atom. The Labute approximate surface area is 162 Å². The molecular weight excluding hydrogens is 358 g/mol. The van der Waals surface area contributed by atoms with E-state index in [9.17, 15) is 9.59 Å². The van der Waals surface area contributed by atoms with Crippen LogP contribution in [0.1, 0.15) is 12.5 Å². The summed E-state index contributed by atoms with van der Waals surface area (Å²) in [5.74, 6) is -0.548. The second-order valence-corrected chi connectivity index (χ2v) is 7.18. The molecule has 0 heterocycles. The highest BCUT2D eigenvalue weighted by molar-refractivity contribution is 8.00. The first-order valence-electron chi connectivity index (χ1n) is 8.74. The molecule has 0 aliphatic rings. The molecule has 0 aliphatic heterocycles. The summed E-state index contributed by atoms with van der Waals surface area (Å²) in [4.78, 5) is 25.1. The molecule has 3 aromatic rings. The first-order chi connectivity index (χ1) is 13.1. The number of thioether (sulfide) groups is 1. The van der Waals surface area contributed by atoms with Crippen LogP contribution in [0.3, 0.4) is 0 Å². The van der Waals surface area contributed by atoms with Gasteiger partial charge in [-0.25, -0.2) is 0 Å². The normalized spacial score (nSPS) is 11.7. The van der Waals surface area contributed by atoms with Crippen LogP contribution in [0.25, 0.3) is 10.8 Å². The van der Waals surface area contributed by atoms with E-state index in [-0.39, 0.29) is 11.7 Å². The summed E-state index contributed by atoms with van der Waals surface area (Å²) in [6, 6.07) is 23.7. The molecule has 1 N–H and O–H groups in total. The molecular formula is C22H21NO3S. The van der Waals surface area contributed by atoms with Crippen LogP contribution >= 0.6 is 11.8 Å². The third kappa shape index (κ3) is 5.59. The molecule has 4 nitrogen and oxygen atoms in total. The Kier molecular flexibility index (Phi) is 6.49. The highest BCUT2D eigenvalue weighted by atomic mass is 32.2. The number of hydrogen-bond acceptors (Lipinski definition) is 4. The monoisotopic (exact) mass is 379 g/mol. The minimum absolute atomic E-state index is 0.161. The molecule has 5 heteroatoms. The van der Waals surface area contributed by atoms with Crippen molar-refractivity contribution in [2.45, 2.75) is 24.5 Å². The van der Waals surface area contributed by atoms with Gasteiger partial charge in [-0.3, -0.25) is 9.59 Å². The van der Waals surface area contributed by atoms with Crippen LogP contribution in [0.15, 0.2) is 77.7 Å². The Hall–Kier alpha value is -2.79. The predicted octanol–water partition coefficient (Wildman–Crippen LogP) is 4.18. The molecule has 0 fully saturated rings. The van der Waals surface area contributed by atoms with E-state index in [1.807, 2.05) is 72.8 Å². The Balaban J connectivity index is 1.45. The van der Waals surface area contributed by atoms with Gasteiger partial charge in [-0.05, 0) is 35.4 Å². The lowest BCUT2D eigenvalue weighted by Crippen LogP contribution is -2.35. The zero-order chi connectivity index (χ0) is 19.1. The van der Waals surface area contributed by atoms with Crippen LogP contribution < -0.4 is 5.32 Å². The van der Waals surface area contributed by atoms with Crippen molar-refractivity contribution in [2.24, 2.45) is 0 Å². The standard InChI is InChI=1S/C22H21NO3S/c1-16(22(25)23-14-17-7-3-2-4-8-17)26-21(24)15-27-20-12-11-18-9-5-6-10-19(18)13-20/h2-13,16H,14-15H2,1H3,(H,23,25)/t16-/m1/s1. The molecule has 0 aliphatic carbocycles. The minimum Gasteiger partial charge on any atom is -0.452 e. The van der Waals surface area contributed by atoms with Crippen molar-refractivity contribution in [3.8, 4) is 0 Å². The van der Waals surface area contributed by atoms with Crippen molar-refractivity contribution in [2.75, 3.05) is 5.75 Å². The topological polar surface area (TPSA) is 55.4 Å². The molecule has 1 atom stereocenters. The number of carbonyl (C=O) groups excluding carboxylic acids is 2. The summed E-state index contributed by atoms with van der Waals surface area (Å²) in [6.45, 7) is 1.99. The Morgan fingerprint density at radius 1 is 0.963 bits per heavy atom. The van der Waals surface area contributed by atoms with Crippen molar-refractivity contribution >= 4 is 34.4 Å². The van der Waals surface area contributed by atoms with Crippen LogP contribution in [-0.4, -0.2) is 23.7 Å². The van der Waals surface area contributed by atoms with Crippen molar-refractivity contribution in [3.05, 3.63) is 78.4 Å². The van der Waals surface area contributed by atoms with Gasteiger partial charge in [0.05, 0.1) is 5.75 Å². The summed E-state index contributed by atoms with van der Waals surface area (Å²) in [6.07, 6.45) is -0.821. The van der Waals surface area contributed by atoms with E-state index in [0.717, 1.165) is 21.2 Å². The number of fused-ring (bicyclic) bond motifs is 1. The molecule has 138 valence electrons. The molecule has 3 aromatic carbocycles. The zero-order valence-corrected chi connectivity index (χ0v) is 15.9. The summed E-state index contributed by atoms with van der Waals surface area (Å²) in [5.41, 5.74) is 0.997. The summed E-state index contributed by atoms with van der Waals surface area (Å²) in [7, 11) is 0. The van der Waals surface area contributed by atoms with E-state index in [4.69, 9.17) is 4.74 Å². The van der Waals surface area contributed by atoms with Crippen molar-refractivity contribution in [1.82, 2.24) is 5.32 Å². The zero-order valence-electron chi connectivity index (χ0n) is 15.1. The van der Waals surface area contributed by atoms with Gasteiger partial charge in [0.15, 0.2) is 6.10 Å². The van der Waals surface area contributed by atoms with Gasteiger partial charge in [0.25, 0.3) is 5.91 Å².